The van der Waals surface area contributed by atoms with Gasteiger partial charge in [0.1, 0.15) is 11.6 Å². The molecule has 4 nitrogen and oxygen atoms in total. The van der Waals surface area contributed by atoms with Gasteiger partial charge in [-0.1, -0.05) is 0 Å². The lowest BCUT2D eigenvalue weighted by atomic mass is 10.3. The predicted molar refractivity (Wildman–Crippen MR) is 73.0 cm³/mol. The number of rotatable bonds is 3. The topological polar surface area (TPSA) is 66.4 Å². The van der Waals surface area contributed by atoms with Crippen LogP contribution in [0.1, 0.15) is 0 Å². The first-order valence-corrected chi connectivity index (χ1v) is 7.43. The molecule has 19 heavy (non-hydrogen) atoms. The van der Waals surface area contributed by atoms with Crippen LogP contribution < -0.4 is 4.72 Å². The highest BCUT2D eigenvalue weighted by atomic mass is 79.9. The summed E-state index contributed by atoms with van der Waals surface area (Å²) in [5.41, 5.74) is 0.119. The lowest BCUT2D eigenvalue weighted by Gasteiger charge is -2.08. The molecule has 0 bridgehead atoms. The molecular weight excluding hydrogens is 337 g/mol. The van der Waals surface area contributed by atoms with Crippen molar-refractivity contribution in [1.29, 1.82) is 0 Å². The Morgan fingerprint density at radius 3 is 2.32 bits per heavy atom. The Bertz CT molecular complexity index is 701. The molecule has 0 saturated heterocycles. The van der Waals surface area contributed by atoms with E-state index in [9.17, 15) is 12.8 Å². The molecule has 2 aromatic carbocycles. The molecule has 0 atom stereocenters. The summed E-state index contributed by atoms with van der Waals surface area (Å²) in [5, 5.41) is 9.11. The maximum atomic E-state index is 13.3. The summed E-state index contributed by atoms with van der Waals surface area (Å²) in [6, 6.07) is 8.95. The third kappa shape index (κ3) is 3.24. The van der Waals surface area contributed by atoms with Crippen LogP contribution in [0.2, 0.25) is 0 Å². The highest BCUT2D eigenvalue weighted by Crippen LogP contribution is 2.22. The summed E-state index contributed by atoms with van der Waals surface area (Å²) in [4.78, 5) is -0.0198. The van der Waals surface area contributed by atoms with Crippen molar-refractivity contribution in [2.75, 3.05) is 4.72 Å². The number of anilines is 1. The van der Waals surface area contributed by atoms with E-state index in [0.29, 0.717) is 0 Å². The number of aromatic hydroxyl groups is 1. The van der Waals surface area contributed by atoms with Crippen LogP contribution in [-0.2, 0) is 10.0 Å². The fourth-order valence-electron chi connectivity index (χ4n) is 1.40. The summed E-state index contributed by atoms with van der Waals surface area (Å²) in [6.45, 7) is 0. The van der Waals surface area contributed by atoms with Crippen molar-refractivity contribution in [2.45, 2.75) is 4.90 Å². The van der Waals surface area contributed by atoms with E-state index in [1.54, 1.807) is 0 Å². The zero-order valence-electron chi connectivity index (χ0n) is 9.47. The molecule has 2 N–H and O–H groups in total. The quantitative estimate of drug-likeness (QED) is 0.898. The molecule has 0 aliphatic carbocycles. The average molecular weight is 346 g/mol. The van der Waals surface area contributed by atoms with Gasteiger partial charge in [-0.25, -0.2) is 12.8 Å². The minimum atomic E-state index is -3.80. The lowest BCUT2D eigenvalue weighted by Crippen LogP contribution is -2.12. The van der Waals surface area contributed by atoms with Gasteiger partial charge in [0, 0.05) is 0 Å². The number of benzene rings is 2. The van der Waals surface area contributed by atoms with Gasteiger partial charge in [-0.15, -0.1) is 0 Å². The number of halogens is 2. The van der Waals surface area contributed by atoms with Gasteiger partial charge >= 0.3 is 0 Å². The molecule has 0 fully saturated rings. The standard InChI is InChI=1S/C12H9BrFNO3S/c13-11-6-1-8(7-12(11)14)15-19(17,18)10-4-2-9(16)3-5-10/h1-7,15-16H. The van der Waals surface area contributed by atoms with Crippen molar-refractivity contribution < 1.29 is 17.9 Å². The molecule has 0 amide bonds. The van der Waals surface area contributed by atoms with Gasteiger partial charge in [0.25, 0.3) is 10.0 Å². The fraction of sp³-hybridized carbons (Fsp3) is 0. The first-order chi connectivity index (χ1) is 8.88. The highest BCUT2D eigenvalue weighted by molar-refractivity contribution is 9.10. The molecule has 0 spiro atoms. The number of phenols is 1. The summed E-state index contributed by atoms with van der Waals surface area (Å²) < 4.78 is 39.8. The molecule has 2 rings (SSSR count). The molecule has 0 saturated carbocycles. The summed E-state index contributed by atoms with van der Waals surface area (Å²) >= 11 is 2.98. The minimum absolute atomic E-state index is 0.0198. The first kappa shape index (κ1) is 13.8. The second-order valence-electron chi connectivity index (χ2n) is 3.73. The van der Waals surface area contributed by atoms with Crippen LogP contribution in [0.3, 0.4) is 0 Å². The van der Waals surface area contributed by atoms with Crippen LogP contribution in [0.4, 0.5) is 10.1 Å². The van der Waals surface area contributed by atoms with Gasteiger partial charge in [0.15, 0.2) is 0 Å². The Kier molecular flexibility index (Phi) is 3.77. The molecule has 2 aromatic rings. The number of hydrogen-bond acceptors (Lipinski definition) is 3. The molecule has 0 radical (unpaired) electrons. The van der Waals surface area contributed by atoms with Gasteiger partial charge in [-0.05, 0) is 58.4 Å². The van der Waals surface area contributed by atoms with Crippen molar-refractivity contribution in [3.8, 4) is 5.75 Å². The number of sulfonamides is 1. The maximum Gasteiger partial charge on any atom is 0.261 e. The van der Waals surface area contributed by atoms with Crippen molar-refractivity contribution >= 4 is 31.6 Å². The molecule has 7 heteroatoms. The fourth-order valence-corrected chi connectivity index (χ4v) is 2.70. The third-order valence-corrected chi connectivity index (χ3v) is 4.36. The molecule has 0 aliphatic heterocycles. The van der Waals surface area contributed by atoms with Crippen LogP contribution in [0.15, 0.2) is 51.8 Å². The van der Waals surface area contributed by atoms with Gasteiger partial charge < -0.3 is 5.11 Å². The van der Waals surface area contributed by atoms with Gasteiger partial charge in [0.05, 0.1) is 15.1 Å². The Labute approximate surface area is 118 Å². The van der Waals surface area contributed by atoms with E-state index in [0.717, 1.165) is 6.07 Å². The molecule has 0 aliphatic rings. The normalized spacial score (nSPS) is 11.3. The van der Waals surface area contributed by atoms with Crippen molar-refractivity contribution in [1.82, 2.24) is 0 Å². The molecule has 100 valence electrons. The largest absolute Gasteiger partial charge is 0.508 e. The molecule has 0 unspecified atom stereocenters. The zero-order chi connectivity index (χ0) is 14.0. The lowest BCUT2D eigenvalue weighted by molar-refractivity contribution is 0.475. The Morgan fingerprint density at radius 1 is 1.11 bits per heavy atom. The predicted octanol–water partition coefficient (Wildman–Crippen LogP) is 3.09. The Hall–Kier alpha value is -1.60. The van der Waals surface area contributed by atoms with Crippen LogP contribution in [0, 0.1) is 5.82 Å². The maximum absolute atomic E-state index is 13.3. The SMILES string of the molecule is O=S(=O)(Nc1ccc(Br)c(F)c1)c1ccc(O)cc1. The van der Waals surface area contributed by atoms with Crippen molar-refractivity contribution in [2.24, 2.45) is 0 Å². The second kappa shape index (κ2) is 5.18. The summed E-state index contributed by atoms with van der Waals surface area (Å²) in [5.74, 6) is -0.598. The summed E-state index contributed by atoms with van der Waals surface area (Å²) in [7, 11) is -3.80. The molecule has 0 aromatic heterocycles. The van der Waals surface area contributed by atoms with E-state index in [-0.39, 0.29) is 20.8 Å². The average Bonchev–Trinajstić information content (AvgIpc) is 2.34. The number of hydrogen-bond donors (Lipinski definition) is 2. The van der Waals surface area contributed by atoms with Gasteiger partial charge in [0.2, 0.25) is 0 Å². The number of nitrogens with one attached hydrogen (secondary N) is 1. The van der Waals surface area contributed by atoms with E-state index in [2.05, 4.69) is 20.7 Å². The van der Waals surface area contributed by atoms with E-state index < -0.39 is 15.8 Å². The van der Waals surface area contributed by atoms with Gasteiger partial charge in [-0.3, -0.25) is 4.72 Å². The molecule has 0 heterocycles. The monoisotopic (exact) mass is 345 g/mol. The smallest absolute Gasteiger partial charge is 0.261 e. The first-order valence-electron chi connectivity index (χ1n) is 5.15. The van der Waals surface area contributed by atoms with E-state index in [1.165, 1.54) is 36.4 Å². The van der Waals surface area contributed by atoms with E-state index >= 15 is 0 Å². The van der Waals surface area contributed by atoms with Crippen LogP contribution in [-0.4, -0.2) is 13.5 Å². The second-order valence-corrected chi connectivity index (χ2v) is 6.27. The minimum Gasteiger partial charge on any atom is -0.508 e. The van der Waals surface area contributed by atoms with Crippen molar-refractivity contribution in [3.05, 3.63) is 52.8 Å². The Morgan fingerprint density at radius 2 is 1.74 bits per heavy atom. The van der Waals surface area contributed by atoms with Crippen LogP contribution >= 0.6 is 15.9 Å². The van der Waals surface area contributed by atoms with Crippen LogP contribution in [0.5, 0.6) is 5.75 Å². The van der Waals surface area contributed by atoms with E-state index in [1.807, 2.05) is 0 Å². The highest BCUT2D eigenvalue weighted by Gasteiger charge is 2.14. The number of phenolic OH excluding ortho intramolecular Hbond substituents is 1. The third-order valence-electron chi connectivity index (χ3n) is 2.32. The Balaban J connectivity index is 2.30. The zero-order valence-corrected chi connectivity index (χ0v) is 11.9. The van der Waals surface area contributed by atoms with E-state index in [4.69, 9.17) is 5.11 Å². The van der Waals surface area contributed by atoms with Crippen molar-refractivity contribution in [3.63, 3.8) is 0 Å². The van der Waals surface area contributed by atoms with Gasteiger partial charge in [-0.2, -0.15) is 0 Å². The van der Waals surface area contributed by atoms with Crippen LogP contribution in [0.25, 0.3) is 0 Å². The molecular formula is C12H9BrFNO3S. The summed E-state index contributed by atoms with van der Waals surface area (Å²) in [6.07, 6.45) is 0.